The van der Waals surface area contributed by atoms with Gasteiger partial charge in [-0.1, -0.05) is 18.2 Å². The van der Waals surface area contributed by atoms with Gasteiger partial charge in [-0.15, -0.1) is 0 Å². The van der Waals surface area contributed by atoms with Crippen LogP contribution in [0.5, 0.6) is 34.5 Å². The normalized spacial score (nSPS) is 15.0. The molecule has 0 bridgehead atoms. The van der Waals surface area contributed by atoms with Crippen molar-refractivity contribution in [1.82, 2.24) is 9.80 Å². The number of phenolic OH excluding ortho intramolecular Hbond substituents is 3. The fraction of sp³-hybridized carbons (Fsp3) is 0.200. The second-order valence-corrected chi connectivity index (χ2v) is 12.6. The first-order valence-corrected chi connectivity index (χ1v) is 17.0. The maximum Gasteiger partial charge on any atom is 0.445 e. The minimum absolute atomic E-state index is 0.0696. The van der Waals surface area contributed by atoms with Crippen molar-refractivity contribution < 1.29 is 63.8 Å². The van der Waals surface area contributed by atoms with E-state index in [1.807, 2.05) is 0 Å². The number of phenols is 3. The predicted molar refractivity (Wildman–Crippen MR) is 187 cm³/mol. The molecule has 11 N–H and O–H groups in total. The summed E-state index contributed by atoms with van der Waals surface area (Å²) in [6.07, 6.45) is 1.51. The maximum absolute atomic E-state index is 10.7. The zero-order chi connectivity index (χ0) is 39.4. The van der Waals surface area contributed by atoms with Gasteiger partial charge in [-0.3, -0.25) is 19.9 Å². The van der Waals surface area contributed by atoms with Crippen molar-refractivity contribution in [3.8, 4) is 34.5 Å². The molecule has 1 heterocycles. The summed E-state index contributed by atoms with van der Waals surface area (Å²) >= 11 is 0. The average molecular weight is 771 g/mol. The Bertz CT molecular complexity index is 1990. The van der Waals surface area contributed by atoms with Crippen LogP contribution in [-0.4, -0.2) is 97.5 Å². The molecule has 3 aromatic carbocycles. The molecule has 0 saturated carbocycles. The Hall–Kier alpha value is -6.10. The van der Waals surface area contributed by atoms with Crippen molar-refractivity contribution in [2.75, 3.05) is 28.2 Å². The van der Waals surface area contributed by atoms with Gasteiger partial charge in [0.2, 0.25) is 0 Å². The highest BCUT2D eigenvalue weighted by atomic mass is 32.3. The van der Waals surface area contributed by atoms with E-state index >= 15 is 0 Å². The van der Waals surface area contributed by atoms with E-state index in [2.05, 4.69) is 8.37 Å². The predicted octanol–water partition coefficient (Wildman–Crippen LogP) is 2.18. The summed E-state index contributed by atoms with van der Waals surface area (Å²) in [5.74, 6) is -0.729. The van der Waals surface area contributed by atoms with Gasteiger partial charge in [0, 0.05) is 33.8 Å². The number of ether oxygens (including phenoxy) is 3. The molecule has 0 saturated heterocycles. The third-order valence-corrected chi connectivity index (χ3v) is 6.81. The van der Waals surface area contributed by atoms with Gasteiger partial charge < -0.3 is 59.2 Å². The summed E-state index contributed by atoms with van der Waals surface area (Å²) in [5.41, 5.74) is 10.9. The zero-order valence-corrected chi connectivity index (χ0v) is 29.6. The lowest BCUT2D eigenvalue weighted by Crippen LogP contribution is -2.37. The van der Waals surface area contributed by atoms with Crippen LogP contribution in [0.15, 0.2) is 67.1 Å². The van der Waals surface area contributed by atoms with Crippen molar-refractivity contribution >= 4 is 44.9 Å². The molecule has 284 valence electrons. The number of nitrogens with one attached hydrogen (secondary N) is 2. The van der Waals surface area contributed by atoms with E-state index in [4.69, 9.17) is 45.6 Å². The Kier molecular flexibility index (Phi) is 14.7. The van der Waals surface area contributed by atoms with Crippen LogP contribution in [0.25, 0.3) is 12.2 Å². The number of aromatic hydroxyl groups is 3. The molecule has 20 nitrogen and oxygen atoms in total. The standard InChI is InChI=1S/C24H20O14S2.2C3H9N3/c25-17-4-3-16(13-18(17)26)23-24(37-20-5-1-14(11-19(20)27)7-9-34-39(28,29)30)38-21-6-2-15(12-22(21)36-23)8-10-35-40(31,32)33;2*1-6(2)3(4)5/h1-13,23-27H,(H,28,29,30)(H,31,32,33);2*1-2H3,(H3,4,5). The molecule has 0 spiro atoms. The van der Waals surface area contributed by atoms with Crippen LogP contribution in [0.1, 0.15) is 22.8 Å². The smallest absolute Gasteiger partial charge is 0.445 e. The van der Waals surface area contributed by atoms with Crippen LogP contribution >= 0.6 is 0 Å². The number of guanidine groups is 2. The van der Waals surface area contributed by atoms with Crippen molar-refractivity contribution in [3.63, 3.8) is 0 Å². The number of nitrogens with two attached hydrogens (primary N) is 2. The van der Waals surface area contributed by atoms with Crippen LogP contribution in [-0.2, 0) is 29.2 Å². The van der Waals surface area contributed by atoms with E-state index in [0.29, 0.717) is 23.0 Å². The van der Waals surface area contributed by atoms with E-state index in [1.165, 1.54) is 70.5 Å². The fourth-order valence-electron chi connectivity index (χ4n) is 3.44. The lowest BCUT2D eigenvalue weighted by Gasteiger charge is -2.34. The van der Waals surface area contributed by atoms with Crippen LogP contribution in [0.3, 0.4) is 0 Å². The summed E-state index contributed by atoms with van der Waals surface area (Å²) < 4.78 is 86.2. The highest BCUT2D eigenvalue weighted by Gasteiger charge is 2.36. The lowest BCUT2D eigenvalue weighted by atomic mass is 10.1. The van der Waals surface area contributed by atoms with E-state index in [1.54, 1.807) is 28.2 Å². The lowest BCUT2D eigenvalue weighted by molar-refractivity contribution is -0.0988. The first kappa shape index (κ1) is 42.1. The van der Waals surface area contributed by atoms with E-state index < -0.39 is 38.9 Å². The molecule has 0 aliphatic carbocycles. The van der Waals surface area contributed by atoms with Crippen LogP contribution < -0.4 is 25.7 Å². The van der Waals surface area contributed by atoms with Gasteiger partial charge in [0.1, 0.15) is 12.5 Å². The monoisotopic (exact) mass is 770 g/mol. The van der Waals surface area contributed by atoms with Gasteiger partial charge in [0.05, 0.1) is 0 Å². The maximum atomic E-state index is 10.7. The van der Waals surface area contributed by atoms with Crippen molar-refractivity contribution in [2.24, 2.45) is 11.5 Å². The van der Waals surface area contributed by atoms with E-state index in [-0.39, 0.29) is 40.7 Å². The van der Waals surface area contributed by atoms with Gasteiger partial charge in [-0.25, -0.2) is 0 Å². The summed E-state index contributed by atoms with van der Waals surface area (Å²) in [7, 11) is -2.48. The Balaban J connectivity index is 0.000000671. The molecule has 2 unspecified atom stereocenters. The SMILES string of the molecule is CN(C)C(=N)N.CN(C)C(=N)N.O=S(=O)(O)OC=Cc1ccc(OC2Oc3ccc(C=COS(=O)(=O)O)cc3OC2c2ccc(O)c(O)c2)c(O)c1. The third kappa shape index (κ3) is 14.4. The molecular formula is C30H38N6O14S2. The molecular weight excluding hydrogens is 732 g/mol. The van der Waals surface area contributed by atoms with Crippen LogP contribution in [0, 0.1) is 10.8 Å². The number of rotatable bonds is 9. The third-order valence-electron chi connectivity index (χ3n) is 6.11. The quantitative estimate of drug-likeness (QED) is 0.0495. The summed E-state index contributed by atoms with van der Waals surface area (Å²) in [5, 5.41) is 43.5. The van der Waals surface area contributed by atoms with Gasteiger partial charge in [0.25, 0.3) is 6.29 Å². The average Bonchev–Trinajstić information content (AvgIpc) is 3.02. The topological polar surface area (TPSA) is 322 Å². The first-order chi connectivity index (χ1) is 24.1. The molecule has 0 amide bonds. The van der Waals surface area contributed by atoms with Crippen molar-refractivity contribution in [3.05, 3.63) is 83.8 Å². The molecule has 2 atom stereocenters. The van der Waals surface area contributed by atoms with Gasteiger partial charge in [-0.05, 0) is 59.7 Å². The van der Waals surface area contributed by atoms with Crippen molar-refractivity contribution in [2.45, 2.75) is 12.4 Å². The largest absolute Gasteiger partial charge is 0.504 e. The van der Waals surface area contributed by atoms with Crippen molar-refractivity contribution in [1.29, 1.82) is 10.8 Å². The summed E-state index contributed by atoms with van der Waals surface area (Å²) in [6.45, 7) is 0. The molecule has 1 aliphatic rings. The summed E-state index contributed by atoms with van der Waals surface area (Å²) in [4.78, 5) is 3.06. The molecule has 22 heteroatoms. The van der Waals surface area contributed by atoms with Crippen LogP contribution in [0.2, 0.25) is 0 Å². The zero-order valence-electron chi connectivity index (χ0n) is 27.9. The molecule has 3 aromatic rings. The van der Waals surface area contributed by atoms with E-state index in [0.717, 1.165) is 12.3 Å². The minimum atomic E-state index is -4.69. The van der Waals surface area contributed by atoms with Crippen LogP contribution in [0.4, 0.5) is 0 Å². The highest BCUT2D eigenvalue weighted by molar-refractivity contribution is 7.81. The Morgan fingerprint density at radius 2 is 1.21 bits per heavy atom. The number of hydrogen-bond acceptors (Lipinski definition) is 14. The second-order valence-electron chi connectivity index (χ2n) is 10.5. The molecule has 0 radical (unpaired) electrons. The first-order valence-electron chi connectivity index (χ1n) is 14.2. The van der Waals surface area contributed by atoms with Gasteiger partial charge in [-0.2, -0.15) is 16.8 Å². The Morgan fingerprint density at radius 3 is 1.67 bits per heavy atom. The number of nitrogens with zero attached hydrogens (tertiary/aromatic N) is 2. The highest BCUT2D eigenvalue weighted by Crippen LogP contribution is 2.43. The molecule has 0 aromatic heterocycles. The minimum Gasteiger partial charge on any atom is -0.504 e. The molecule has 52 heavy (non-hydrogen) atoms. The Morgan fingerprint density at radius 1 is 0.712 bits per heavy atom. The van der Waals surface area contributed by atoms with Gasteiger partial charge in [0.15, 0.2) is 52.5 Å². The Labute approximate surface area is 299 Å². The summed E-state index contributed by atoms with van der Waals surface area (Å²) in [6, 6.07) is 12.3. The fourth-order valence-corrected chi connectivity index (χ4v) is 3.83. The van der Waals surface area contributed by atoms with Gasteiger partial charge >= 0.3 is 20.8 Å². The molecule has 4 rings (SSSR count). The van der Waals surface area contributed by atoms with E-state index in [9.17, 15) is 32.2 Å². The second kappa shape index (κ2) is 18.2. The number of fused-ring (bicyclic) bond motifs is 1. The molecule has 0 fully saturated rings. The molecule has 1 aliphatic heterocycles. The number of hydrogen-bond donors (Lipinski definition) is 9. The number of benzene rings is 3.